The van der Waals surface area contributed by atoms with Gasteiger partial charge in [0.05, 0.1) is 13.2 Å². The summed E-state index contributed by atoms with van der Waals surface area (Å²) in [6, 6.07) is 14.6. The number of methoxy groups -OCH3 is 1. The van der Waals surface area contributed by atoms with Gasteiger partial charge in [-0.15, -0.1) is 0 Å². The number of esters is 1. The van der Waals surface area contributed by atoms with Crippen molar-refractivity contribution >= 4 is 12.0 Å². The van der Waals surface area contributed by atoms with Crippen molar-refractivity contribution in [2.24, 2.45) is 0 Å². The van der Waals surface area contributed by atoms with Crippen LogP contribution in [0.5, 0.6) is 17.2 Å². The lowest BCUT2D eigenvalue weighted by molar-refractivity contribution is -0.141. The molecule has 1 unspecified atom stereocenters. The van der Waals surface area contributed by atoms with Gasteiger partial charge in [-0.1, -0.05) is 39.0 Å². The highest BCUT2D eigenvalue weighted by Crippen LogP contribution is 2.29. The molecule has 0 bridgehead atoms. The standard InChI is InChI=1S/C23H25NO4/c1-16(27-19-11-9-18(10-12-19)23(2,3)4)22(25)28-20-13-8-17(7-6-14-24)15-21(20)26-5/h6-13,15-16H,1-5H3/b7-6-. The van der Waals surface area contributed by atoms with Crippen molar-refractivity contribution in [3.05, 3.63) is 59.7 Å². The number of nitriles is 1. The Morgan fingerprint density at radius 3 is 2.36 bits per heavy atom. The predicted molar refractivity (Wildman–Crippen MR) is 109 cm³/mol. The van der Waals surface area contributed by atoms with Crippen LogP contribution in [0.25, 0.3) is 6.08 Å². The van der Waals surface area contributed by atoms with Crippen LogP contribution in [0, 0.1) is 11.3 Å². The highest BCUT2D eigenvalue weighted by Gasteiger charge is 2.20. The summed E-state index contributed by atoms with van der Waals surface area (Å²) in [5.74, 6) is 0.759. The first kappa shape index (κ1) is 21.0. The minimum absolute atomic E-state index is 0.0498. The van der Waals surface area contributed by atoms with E-state index in [4.69, 9.17) is 19.5 Å². The first-order valence-electron chi connectivity index (χ1n) is 8.97. The fourth-order valence-electron chi connectivity index (χ4n) is 2.48. The summed E-state index contributed by atoms with van der Waals surface area (Å²) in [5.41, 5.74) is 2.00. The SMILES string of the molecule is COc1cc(/C=C\C#N)ccc1OC(=O)C(C)Oc1ccc(C(C)(C)C)cc1. The van der Waals surface area contributed by atoms with E-state index >= 15 is 0 Å². The van der Waals surface area contributed by atoms with Crippen LogP contribution in [0.3, 0.4) is 0 Å². The molecule has 5 nitrogen and oxygen atoms in total. The quantitative estimate of drug-likeness (QED) is 0.405. The largest absolute Gasteiger partial charge is 0.493 e. The first-order chi connectivity index (χ1) is 13.2. The molecular weight excluding hydrogens is 354 g/mol. The maximum atomic E-state index is 12.4. The Balaban J connectivity index is 2.06. The zero-order chi connectivity index (χ0) is 20.7. The Hall–Kier alpha value is -3.26. The summed E-state index contributed by atoms with van der Waals surface area (Å²) in [5, 5.41) is 8.61. The second kappa shape index (κ2) is 9.09. The molecule has 0 heterocycles. The van der Waals surface area contributed by atoms with Crippen molar-refractivity contribution in [2.45, 2.75) is 39.2 Å². The Kier molecular flexibility index (Phi) is 6.84. The monoisotopic (exact) mass is 379 g/mol. The number of allylic oxidation sites excluding steroid dienone is 1. The smallest absolute Gasteiger partial charge is 0.352 e. The van der Waals surface area contributed by atoms with Crippen molar-refractivity contribution in [3.63, 3.8) is 0 Å². The molecule has 0 saturated carbocycles. The number of hydrogen-bond acceptors (Lipinski definition) is 5. The van der Waals surface area contributed by atoms with Gasteiger partial charge in [-0.3, -0.25) is 0 Å². The van der Waals surface area contributed by atoms with Crippen molar-refractivity contribution in [1.82, 2.24) is 0 Å². The number of carbonyl (C=O) groups is 1. The van der Waals surface area contributed by atoms with Crippen LogP contribution in [0.4, 0.5) is 0 Å². The lowest BCUT2D eigenvalue weighted by Crippen LogP contribution is -2.28. The van der Waals surface area contributed by atoms with Crippen molar-refractivity contribution < 1.29 is 19.0 Å². The van der Waals surface area contributed by atoms with Gasteiger partial charge in [0.15, 0.2) is 17.6 Å². The van der Waals surface area contributed by atoms with Gasteiger partial charge in [0.2, 0.25) is 0 Å². The molecule has 28 heavy (non-hydrogen) atoms. The second-order valence-electron chi connectivity index (χ2n) is 7.33. The zero-order valence-electron chi connectivity index (χ0n) is 16.9. The number of hydrogen-bond donors (Lipinski definition) is 0. The molecule has 0 aliphatic heterocycles. The van der Waals surface area contributed by atoms with Gasteiger partial charge < -0.3 is 14.2 Å². The summed E-state index contributed by atoms with van der Waals surface area (Å²) >= 11 is 0. The van der Waals surface area contributed by atoms with Crippen LogP contribution < -0.4 is 14.2 Å². The molecule has 5 heteroatoms. The molecule has 146 valence electrons. The van der Waals surface area contributed by atoms with E-state index in [0.29, 0.717) is 17.2 Å². The Bertz CT molecular complexity index is 886. The van der Waals surface area contributed by atoms with Crippen LogP contribution in [0.15, 0.2) is 48.5 Å². The first-order valence-corrected chi connectivity index (χ1v) is 8.97. The molecule has 2 aromatic rings. The second-order valence-corrected chi connectivity index (χ2v) is 7.33. The van der Waals surface area contributed by atoms with Crippen molar-refractivity contribution in [1.29, 1.82) is 5.26 Å². The average Bonchev–Trinajstić information content (AvgIpc) is 2.66. The normalized spacial score (nSPS) is 12.3. The molecule has 0 N–H and O–H groups in total. The summed E-state index contributed by atoms with van der Waals surface area (Å²) in [7, 11) is 1.49. The maximum Gasteiger partial charge on any atom is 0.352 e. The summed E-state index contributed by atoms with van der Waals surface area (Å²) in [6.07, 6.45) is 2.21. The van der Waals surface area contributed by atoms with Crippen LogP contribution in [0.1, 0.15) is 38.8 Å². The Morgan fingerprint density at radius 2 is 1.79 bits per heavy atom. The van der Waals surface area contributed by atoms with E-state index in [1.807, 2.05) is 30.3 Å². The lowest BCUT2D eigenvalue weighted by Gasteiger charge is -2.20. The predicted octanol–water partition coefficient (Wildman–Crippen LogP) is 4.90. The van der Waals surface area contributed by atoms with Crippen molar-refractivity contribution in [2.75, 3.05) is 7.11 Å². The summed E-state index contributed by atoms with van der Waals surface area (Å²) in [6.45, 7) is 8.05. The lowest BCUT2D eigenvalue weighted by atomic mass is 9.87. The molecule has 0 fully saturated rings. The van der Waals surface area contributed by atoms with Gasteiger partial charge in [0.25, 0.3) is 0 Å². The van der Waals surface area contributed by atoms with Gasteiger partial charge in [-0.25, -0.2) is 4.79 Å². The molecule has 1 atom stereocenters. The zero-order valence-corrected chi connectivity index (χ0v) is 16.9. The van der Waals surface area contributed by atoms with E-state index < -0.39 is 12.1 Å². The van der Waals surface area contributed by atoms with Crippen LogP contribution in [-0.4, -0.2) is 19.2 Å². The van der Waals surface area contributed by atoms with E-state index in [-0.39, 0.29) is 5.41 Å². The molecule has 0 amide bonds. The van der Waals surface area contributed by atoms with E-state index in [1.165, 1.54) is 18.7 Å². The minimum atomic E-state index is -0.789. The van der Waals surface area contributed by atoms with Gasteiger partial charge in [0.1, 0.15) is 5.75 Å². The fourth-order valence-corrected chi connectivity index (χ4v) is 2.48. The Labute approximate surface area is 166 Å². The molecule has 0 aromatic heterocycles. The van der Waals surface area contributed by atoms with Crippen molar-refractivity contribution in [3.8, 4) is 23.3 Å². The number of benzene rings is 2. The number of carbonyl (C=O) groups excluding carboxylic acids is 1. The fraction of sp³-hybridized carbons (Fsp3) is 0.304. The van der Waals surface area contributed by atoms with Gasteiger partial charge in [0, 0.05) is 6.08 Å². The van der Waals surface area contributed by atoms with E-state index in [1.54, 1.807) is 31.2 Å². The van der Waals surface area contributed by atoms with Gasteiger partial charge in [-0.05, 0) is 53.8 Å². The molecule has 0 saturated heterocycles. The third kappa shape index (κ3) is 5.62. The summed E-state index contributed by atoms with van der Waals surface area (Å²) < 4.78 is 16.4. The van der Waals surface area contributed by atoms with E-state index in [2.05, 4.69) is 20.8 Å². The topological polar surface area (TPSA) is 68.5 Å². The third-order valence-electron chi connectivity index (χ3n) is 4.11. The van der Waals surface area contributed by atoms with E-state index in [0.717, 1.165) is 5.56 Å². The van der Waals surface area contributed by atoms with Gasteiger partial charge >= 0.3 is 5.97 Å². The minimum Gasteiger partial charge on any atom is -0.493 e. The van der Waals surface area contributed by atoms with Crippen LogP contribution in [0.2, 0.25) is 0 Å². The average molecular weight is 379 g/mol. The molecule has 0 aliphatic rings. The highest BCUT2D eigenvalue weighted by atomic mass is 16.6. The number of rotatable bonds is 6. The molecule has 0 spiro atoms. The molecule has 0 aliphatic carbocycles. The molecule has 0 radical (unpaired) electrons. The van der Waals surface area contributed by atoms with E-state index in [9.17, 15) is 4.79 Å². The molecule has 2 aromatic carbocycles. The summed E-state index contributed by atoms with van der Waals surface area (Å²) in [4.78, 5) is 12.4. The van der Waals surface area contributed by atoms with Gasteiger partial charge in [-0.2, -0.15) is 5.26 Å². The molecular formula is C23H25NO4. The third-order valence-corrected chi connectivity index (χ3v) is 4.11. The number of nitrogens with zero attached hydrogens (tertiary/aromatic N) is 1. The number of ether oxygens (including phenoxy) is 3. The molecule has 2 rings (SSSR count). The Morgan fingerprint density at radius 1 is 1.11 bits per heavy atom. The maximum absolute atomic E-state index is 12.4. The van der Waals surface area contributed by atoms with Crippen LogP contribution >= 0.6 is 0 Å². The van der Waals surface area contributed by atoms with Crippen LogP contribution in [-0.2, 0) is 10.2 Å². The highest BCUT2D eigenvalue weighted by molar-refractivity contribution is 5.78.